The largest absolute Gasteiger partial charge is 0.490 e. The molecule has 2 aromatic heterocycles. The Hall–Kier alpha value is -2.70. The van der Waals surface area contributed by atoms with Gasteiger partial charge in [0.25, 0.3) is 0 Å². The van der Waals surface area contributed by atoms with Crippen LogP contribution in [0.1, 0.15) is 35.2 Å². The van der Waals surface area contributed by atoms with E-state index in [9.17, 15) is 5.11 Å². The molecule has 1 unspecified atom stereocenters. The fraction of sp³-hybridized carbons (Fsp3) is 0.391. The molecule has 0 aliphatic heterocycles. The average molecular weight is 396 g/mol. The SMILES string of the molecule is CCc1oc(-c2cc(C)nc(C)c2)nc1-c1cc(C)c(OCC(O)CO)c(C)c1. The van der Waals surface area contributed by atoms with Gasteiger partial charge in [-0.15, -0.1) is 0 Å². The Bertz CT molecular complexity index is 967. The smallest absolute Gasteiger partial charge is 0.227 e. The van der Waals surface area contributed by atoms with E-state index in [0.717, 1.165) is 51.5 Å². The van der Waals surface area contributed by atoms with Crippen molar-refractivity contribution in [1.29, 1.82) is 0 Å². The van der Waals surface area contributed by atoms with E-state index in [1.54, 1.807) is 0 Å². The minimum Gasteiger partial charge on any atom is -0.490 e. The van der Waals surface area contributed by atoms with Crippen molar-refractivity contribution in [3.8, 4) is 28.5 Å². The Morgan fingerprint density at radius 3 is 2.14 bits per heavy atom. The van der Waals surface area contributed by atoms with E-state index >= 15 is 0 Å². The van der Waals surface area contributed by atoms with Crippen LogP contribution in [0.25, 0.3) is 22.7 Å². The van der Waals surface area contributed by atoms with Crippen molar-refractivity contribution in [2.24, 2.45) is 0 Å². The Balaban J connectivity index is 1.99. The summed E-state index contributed by atoms with van der Waals surface area (Å²) in [6, 6.07) is 7.97. The van der Waals surface area contributed by atoms with Gasteiger partial charge in [0.1, 0.15) is 29.9 Å². The van der Waals surface area contributed by atoms with Crippen LogP contribution in [0.2, 0.25) is 0 Å². The molecule has 1 atom stereocenters. The van der Waals surface area contributed by atoms with E-state index < -0.39 is 6.10 Å². The third-order valence-electron chi connectivity index (χ3n) is 4.71. The van der Waals surface area contributed by atoms with Gasteiger partial charge in [-0.05, 0) is 63.1 Å². The van der Waals surface area contributed by atoms with E-state index in [1.807, 2.05) is 58.9 Å². The Morgan fingerprint density at radius 1 is 0.966 bits per heavy atom. The third-order valence-corrected chi connectivity index (χ3v) is 4.71. The Kier molecular flexibility index (Phi) is 6.35. The molecule has 3 aromatic rings. The van der Waals surface area contributed by atoms with Crippen LogP contribution >= 0.6 is 0 Å². The maximum atomic E-state index is 9.55. The molecule has 2 heterocycles. The number of pyridine rings is 1. The lowest BCUT2D eigenvalue weighted by atomic mass is 10.0. The standard InChI is InChI=1S/C23H28N2O4/c1-6-20-21(25-23(29-20)18-9-15(4)24-16(5)10-18)17-7-13(2)22(14(3)8-17)28-12-19(27)11-26/h7-10,19,26-27H,6,11-12H2,1-5H3. The maximum absolute atomic E-state index is 9.55. The monoisotopic (exact) mass is 396 g/mol. The number of aryl methyl sites for hydroxylation is 5. The Morgan fingerprint density at radius 2 is 1.59 bits per heavy atom. The molecule has 0 spiro atoms. The zero-order chi connectivity index (χ0) is 21.1. The van der Waals surface area contributed by atoms with Crippen molar-refractivity contribution in [1.82, 2.24) is 9.97 Å². The highest BCUT2D eigenvalue weighted by Crippen LogP contribution is 2.34. The summed E-state index contributed by atoms with van der Waals surface area (Å²) in [5, 5.41) is 18.5. The van der Waals surface area contributed by atoms with Crippen molar-refractivity contribution in [3.05, 3.63) is 52.5 Å². The predicted octanol–water partition coefficient (Wildman–Crippen LogP) is 3.93. The van der Waals surface area contributed by atoms with Gasteiger partial charge < -0.3 is 19.4 Å². The lowest BCUT2D eigenvalue weighted by molar-refractivity contribution is 0.0532. The van der Waals surface area contributed by atoms with E-state index in [4.69, 9.17) is 19.2 Å². The van der Waals surface area contributed by atoms with Crippen molar-refractivity contribution < 1.29 is 19.4 Å². The number of aromatic nitrogens is 2. The van der Waals surface area contributed by atoms with Gasteiger partial charge in [0, 0.05) is 28.9 Å². The molecular weight excluding hydrogens is 368 g/mol. The summed E-state index contributed by atoms with van der Waals surface area (Å²) in [5.41, 5.74) is 6.43. The second-order valence-electron chi connectivity index (χ2n) is 7.37. The molecule has 1 aromatic carbocycles. The first-order valence-corrected chi connectivity index (χ1v) is 9.81. The summed E-state index contributed by atoms with van der Waals surface area (Å²) in [6.07, 6.45) is -0.171. The maximum Gasteiger partial charge on any atom is 0.227 e. The number of hydrogen-bond donors (Lipinski definition) is 2. The minimum absolute atomic E-state index is 0.0482. The summed E-state index contributed by atoms with van der Waals surface area (Å²) in [7, 11) is 0. The molecule has 0 saturated heterocycles. The summed E-state index contributed by atoms with van der Waals surface area (Å²) < 4.78 is 11.8. The first kappa shape index (κ1) is 21.0. The molecule has 0 radical (unpaired) electrons. The van der Waals surface area contributed by atoms with Crippen LogP contribution in [0, 0.1) is 27.7 Å². The van der Waals surface area contributed by atoms with Crippen LogP contribution in [-0.4, -0.2) is 39.5 Å². The summed E-state index contributed by atoms with van der Waals surface area (Å²) in [6.45, 7) is 9.60. The molecule has 0 aliphatic rings. The molecule has 0 bridgehead atoms. The van der Waals surface area contributed by atoms with Gasteiger partial charge in [-0.25, -0.2) is 4.98 Å². The number of ether oxygens (including phenoxy) is 1. The van der Waals surface area contributed by atoms with E-state index in [1.165, 1.54) is 0 Å². The molecule has 0 saturated carbocycles. The van der Waals surface area contributed by atoms with Gasteiger partial charge in [-0.2, -0.15) is 0 Å². The van der Waals surface area contributed by atoms with Crippen molar-refractivity contribution in [2.75, 3.05) is 13.2 Å². The number of oxazole rings is 1. The van der Waals surface area contributed by atoms with Crippen molar-refractivity contribution in [3.63, 3.8) is 0 Å². The average Bonchev–Trinajstić information content (AvgIpc) is 3.10. The summed E-state index contributed by atoms with van der Waals surface area (Å²) in [5.74, 6) is 2.13. The zero-order valence-corrected chi connectivity index (χ0v) is 17.6. The second-order valence-corrected chi connectivity index (χ2v) is 7.37. The van der Waals surface area contributed by atoms with Crippen LogP contribution in [0.4, 0.5) is 0 Å². The van der Waals surface area contributed by atoms with Crippen LogP contribution in [0.5, 0.6) is 5.75 Å². The number of rotatable bonds is 7. The van der Waals surface area contributed by atoms with Crippen LogP contribution in [0.3, 0.4) is 0 Å². The van der Waals surface area contributed by atoms with Crippen LogP contribution in [-0.2, 0) is 6.42 Å². The quantitative estimate of drug-likeness (QED) is 0.629. The Labute approximate surface area is 171 Å². The lowest BCUT2D eigenvalue weighted by Gasteiger charge is -2.15. The number of benzene rings is 1. The third kappa shape index (κ3) is 4.66. The summed E-state index contributed by atoms with van der Waals surface area (Å²) in [4.78, 5) is 9.21. The second kappa shape index (κ2) is 8.76. The molecule has 6 heteroatoms. The zero-order valence-electron chi connectivity index (χ0n) is 17.6. The molecule has 2 N–H and O–H groups in total. The topological polar surface area (TPSA) is 88.6 Å². The normalized spacial score (nSPS) is 12.2. The van der Waals surface area contributed by atoms with Crippen LogP contribution in [0.15, 0.2) is 28.7 Å². The lowest BCUT2D eigenvalue weighted by Crippen LogP contribution is -2.21. The van der Waals surface area contributed by atoms with E-state index in [0.29, 0.717) is 11.6 Å². The molecule has 154 valence electrons. The predicted molar refractivity (Wildman–Crippen MR) is 112 cm³/mol. The first-order chi connectivity index (χ1) is 13.8. The van der Waals surface area contributed by atoms with Gasteiger partial charge in [-0.3, -0.25) is 4.98 Å². The van der Waals surface area contributed by atoms with Gasteiger partial charge in [-0.1, -0.05) is 6.92 Å². The molecule has 3 rings (SSSR count). The van der Waals surface area contributed by atoms with Gasteiger partial charge in [0.05, 0.1) is 6.61 Å². The fourth-order valence-corrected chi connectivity index (χ4v) is 3.45. The minimum atomic E-state index is -0.898. The molecule has 0 amide bonds. The number of hydrogen-bond acceptors (Lipinski definition) is 6. The van der Waals surface area contributed by atoms with E-state index in [-0.39, 0.29) is 13.2 Å². The number of aliphatic hydroxyl groups is 2. The highest BCUT2D eigenvalue weighted by molar-refractivity contribution is 5.69. The highest BCUT2D eigenvalue weighted by atomic mass is 16.5. The fourth-order valence-electron chi connectivity index (χ4n) is 3.45. The summed E-state index contributed by atoms with van der Waals surface area (Å²) >= 11 is 0. The first-order valence-electron chi connectivity index (χ1n) is 9.81. The van der Waals surface area contributed by atoms with Gasteiger partial charge in [0.15, 0.2) is 0 Å². The highest BCUT2D eigenvalue weighted by Gasteiger charge is 2.18. The van der Waals surface area contributed by atoms with Gasteiger partial charge >= 0.3 is 0 Å². The van der Waals surface area contributed by atoms with Gasteiger partial charge in [0.2, 0.25) is 5.89 Å². The van der Waals surface area contributed by atoms with E-state index in [2.05, 4.69) is 4.98 Å². The number of aliphatic hydroxyl groups excluding tert-OH is 2. The van der Waals surface area contributed by atoms with Crippen LogP contribution < -0.4 is 4.74 Å². The molecule has 0 fully saturated rings. The molecule has 0 aliphatic carbocycles. The van der Waals surface area contributed by atoms with Crippen molar-refractivity contribution >= 4 is 0 Å². The molecule has 29 heavy (non-hydrogen) atoms. The molecular formula is C23H28N2O4. The molecule has 6 nitrogen and oxygen atoms in total. The number of nitrogens with zero attached hydrogens (tertiary/aromatic N) is 2. The van der Waals surface area contributed by atoms with Crippen molar-refractivity contribution in [2.45, 2.75) is 47.1 Å².